The van der Waals surface area contributed by atoms with Crippen molar-refractivity contribution >= 4 is 29.3 Å². The lowest BCUT2D eigenvalue weighted by atomic mass is 10.2. The van der Waals surface area contributed by atoms with Crippen molar-refractivity contribution in [3.63, 3.8) is 0 Å². The molecule has 0 saturated heterocycles. The Morgan fingerprint density at radius 1 is 1.04 bits per heavy atom. The minimum Gasteiger partial charge on any atom is -0.481 e. The highest BCUT2D eigenvalue weighted by atomic mass is 32.2. The number of ether oxygens (including phenoxy) is 1. The number of aliphatic carboxylic acids is 1. The molecule has 0 saturated carbocycles. The maximum atomic E-state index is 11.9. The molecule has 0 fully saturated rings. The number of amides is 1. The maximum absolute atomic E-state index is 11.9. The molecule has 0 unspecified atom stereocenters. The fourth-order valence-electron chi connectivity index (χ4n) is 2.12. The summed E-state index contributed by atoms with van der Waals surface area (Å²) >= 11 is 1.56. The van der Waals surface area contributed by atoms with E-state index in [-0.39, 0.29) is 18.9 Å². The van der Waals surface area contributed by atoms with Crippen LogP contribution in [0.1, 0.15) is 17.5 Å². The molecule has 0 radical (unpaired) electrons. The Balaban J connectivity index is 1.72. The van der Waals surface area contributed by atoms with Crippen LogP contribution in [0.3, 0.4) is 0 Å². The molecule has 0 aliphatic carbocycles. The van der Waals surface area contributed by atoms with E-state index in [9.17, 15) is 9.59 Å². The van der Waals surface area contributed by atoms with Crippen molar-refractivity contribution in [3.8, 4) is 0 Å². The third-order valence-corrected chi connectivity index (χ3v) is 4.31. The molecule has 0 atom stereocenters. The molecule has 0 spiro atoms. The van der Waals surface area contributed by atoms with Gasteiger partial charge in [-0.3, -0.25) is 9.59 Å². The van der Waals surface area contributed by atoms with Gasteiger partial charge in [-0.2, -0.15) is 11.8 Å². The van der Waals surface area contributed by atoms with Crippen LogP contribution in [0.25, 0.3) is 0 Å². The van der Waals surface area contributed by atoms with Gasteiger partial charge in [-0.1, -0.05) is 42.5 Å². The van der Waals surface area contributed by atoms with Crippen molar-refractivity contribution in [2.45, 2.75) is 18.8 Å². The van der Waals surface area contributed by atoms with E-state index in [4.69, 9.17) is 9.84 Å². The molecule has 2 N–H and O–H groups in total. The maximum Gasteiger partial charge on any atom is 0.304 e. The normalized spacial score (nSPS) is 10.4. The summed E-state index contributed by atoms with van der Waals surface area (Å²) in [5.41, 5.74) is 2.78. The molecule has 1 amide bonds. The summed E-state index contributed by atoms with van der Waals surface area (Å²) in [5.74, 6) is 0.288. The lowest BCUT2D eigenvalue weighted by molar-refractivity contribution is -0.136. The van der Waals surface area contributed by atoms with Crippen LogP contribution in [0, 0.1) is 0 Å². The smallest absolute Gasteiger partial charge is 0.304 e. The van der Waals surface area contributed by atoms with E-state index in [0.29, 0.717) is 23.8 Å². The van der Waals surface area contributed by atoms with Crippen LogP contribution >= 0.6 is 11.8 Å². The number of thioether (sulfide) groups is 1. The van der Waals surface area contributed by atoms with Crippen LogP contribution in [0.5, 0.6) is 0 Å². The zero-order chi connectivity index (χ0) is 17.9. The van der Waals surface area contributed by atoms with Crippen LogP contribution in [-0.4, -0.2) is 29.3 Å². The second-order valence-corrected chi connectivity index (χ2v) is 6.53. The summed E-state index contributed by atoms with van der Waals surface area (Å²) in [7, 11) is 0. The van der Waals surface area contributed by atoms with Crippen molar-refractivity contribution < 1.29 is 19.4 Å². The SMILES string of the molecule is O=C(O)CCSCc1cccc(NC(=O)COCc2ccccc2)c1. The topological polar surface area (TPSA) is 75.6 Å². The molecular weight excluding hydrogens is 338 g/mol. The van der Waals surface area contributed by atoms with Gasteiger partial charge in [-0.05, 0) is 23.3 Å². The monoisotopic (exact) mass is 359 g/mol. The third kappa shape index (κ3) is 7.87. The van der Waals surface area contributed by atoms with Gasteiger partial charge < -0.3 is 15.2 Å². The van der Waals surface area contributed by atoms with E-state index in [1.54, 1.807) is 11.8 Å². The van der Waals surface area contributed by atoms with Crippen molar-refractivity contribution in [2.75, 3.05) is 17.7 Å². The van der Waals surface area contributed by atoms with Crippen molar-refractivity contribution in [3.05, 3.63) is 65.7 Å². The summed E-state index contributed by atoms with van der Waals surface area (Å²) in [5, 5.41) is 11.4. The van der Waals surface area contributed by atoms with Gasteiger partial charge in [0, 0.05) is 17.2 Å². The highest BCUT2D eigenvalue weighted by molar-refractivity contribution is 7.98. The standard InChI is InChI=1S/C19H21NO4S/c21-18(13-24-12-15-5-2-1-3-6-15)20-17-8-4-7-16(11-17)14-25-10-9-19(22)23/h1-8,11H,9-10,12-14H2,(H,20,21)(H,22,23). The molecule has 2 aromatic carbocycles. The predicted octanol–water partition coefficient (Wildman–Crippen LogP) is 3.55. The van der Waals surface area contributed by atoms with Crippen molar-refractivity contribution in [1.29, 1.82) is 0 Å². The molecule has 25 heavy (non-hydrogen) atoms. The number of benzene rings is 2. The molecule has 2 aromatic rings. The lowest BCUT2D eigenvalue weighted by Crippen LogP contribution is -2.18. The third-order valence-electron chi connectivity index (χ3n) is 3.28. The number of carbonyl (C=O) groups excluding carboxylic acids is 1. The Kier molecular flexibility index (Phi) is 8.01. The van der Waals surface area contributed by atoms with Crippen molar-refractivity contribution in [1.82, 2.24) is 0 Å². The number of carboxylic acid groups (broad SMARTS) is 1. The molecule has 0 bridgehead atoms. The van der Waals surface area contributed by atoms with Crippen LogP contribution in [0.4, 0.5) is 5.69 Å². The average Bonchev–Trinajstić information content (AvgIpc) is 2.60. The summed E-state index contributed by atoms with van der Waals surface area (Å²) in [6.07, 6.45) is 0.153. The number of nitrogens with one attached hydrogen (secondary N) is 1. The van der Waals surface area contributed by atoms with Crippen molar-refractivity contribution in [2.24, 2.45) is 0 Å². The number of hydrogen-bond acceptors (Lipinski definition) is 4. The first kappa shape index (κ1) is 19.0. The Bertz CT molecular complexity index is 691. The summed E-state index contributed by atoms with van der Waals surface area (Å²) in [6, 6.07) is 17.2. The van der Waals surface area contributed by atoms with Gasteiger partial charge >= 0.3 is 5.97 Å². The molecule has 0 aliphatic rings. The van der Waals surface area contributed by atoms with Crippen LogP contribution in [-0.2, 0) is 26.7 Å². The molecule has 5 nitrogen and oxygen atoms in total. The quantitative estimate of drug-likeness (QED) is 0.635. The van der Waals surface area contributed by atoms with E-state index >= 15 is 0 Å². The highest BCUT2D eigenvalue weighted by Crippen LogP contribution is 2.17. The Labute approximate surface area is 151 Å². The van der Waals surface area contributed by atoms with Gasteiger partial charge in [0.15, 0.2) is 0 Å². The number of carboxylic acids is 1. The molecule has 0 aromatic heterocycles. The number of anilines is 1. The minimum atomic E-state index is -0.788. The van der Waals surface area contributed by atoms with Gasteiger partial charge in [-0.25, -0.2) is 0 Å². The summed E-state index contributed by atoms with van der Waals surface area (Å²) in [4.78, 5) is 22.4. The summed E-state index contributed by atoms with van der Waals surface area (Å²) in [6.45, 7) is 0.390. The highest BCUT2D eigenvalue weighted by Gasteiger charge is 2.04. The summed E-state index contributed by atoms with van der Waals surface area (Å²) < 4.78 is 5.41. The molecule has 132 valence electrons. The second-order valence-electron chi connectivity index (χ2n) is 5.42. The first-order chi connectivity index (χ1) is 12.1. The minimum absolute atomic E-state index is 0.00746. The Morgan fingerprint density at radius 2 is 1.80 bits per heavy atom. The van der Waals surface area contributed by atoms with Crippen LogP contribution < -0.4 is 5.32 Å². The van der Waals surface area contributed by atoms with Gasteiger partial charge in [0.1, 0.15) is 6.61 Å². The first-order valence-corrected chi connectivity index (χ1v) is 9.09. The van der Waals surface area contributed by atoms with Gasteiger partial charge in [0.05, 0.1) is 13.0 Å². The Morgan fingerprint density at radius 3 is 2.56 bits per heavy atom. The average molecular weight is 359 g/mol. The predicted molar refractivity (Wildman–Crippen MR) is 99.6 cm³/mol. The van der Waals surface area contributed by atoms with E-state index in [0.717, 1.165) is 11.1 Å². The van der Waals surface area contributed by atoms with E-state index in [1.165, 1.54) is 0 Å². The fourth-order valence-corrected chi connectivity index (χ4v) is 3.00. The van der Waals surface area contributed by atoms with E-state index in [1.807, 2.05) is 54.6 Å². The molecular formula is C19H21NO4S. The van der Waals surface area contributed by atoms with Crippen LogP contribution in [0.2, 0.25) is 0 Å². The second kappa shape index (κ2) is 10.5. The zero-order valence-electron chi connectivity index (χ0n) is 13.8. The number of hydrogen-bond donors (Lipinski definition) is 2. The zero-order valence-corrected chi connectivity index (χ0v) is 14.6. The fraction of sp³-hybridized carbons (Fsp3) is 0.263. The number of rotatable bonds is 10. The molecule has 0 heterocycles. The van der Waals surface area contributed by atoms with Gasteiger partial charge in [0.2, 0.25) is 5.91 Å². The molecule has 2 rings (SSSR count). The van der Waals surface area contributed by atoms with E-state index < -0.39 is 5.97 Å². The van der Waals surface area contributed by atoms with E-state index in [2.05, 4.69) is 5.32 Å². The van der Waals surface area contributed by atoms with Gasteiger partial charge in [-0.15, -0.1) is 0 Å². The van der Waals surface area contributed by atoms with Gasteiger partial charge in [0.25, 0.3) is 0 Å². The Hall–Kier alpha value is -2.31. The number of carbonyl (C=O) groups is 2. The first-order valence-electron chi connectivity index (χ1n) is 7.93. The molecule has 6 heteroatoms. The lowest BCUT2D eigenvalue weighted by Gasteiger charge is -2.08. The largest absolute Gasteiger partial charge is 0.481 e. The van der Waals surface area contributed by atoms with Crippen LogP contribution in [0.15, 0.2) is 54.6 Å². The molecule has 0 aliphatic heterocycles.